The molecule has 2 atom stereocenters. The summed E-state index contributed by atoms with van der Waals surface area (Å²) in [7, 11) is 1.68. The van der Waals surface area contributed by atoms with Gasteiger partial charge in [0.2, 0.25) is 0 Å². The van der Waals surface area contributed by atoms with Gasteiger partial charge in [-0.15, -0.1) is 0 Å². The van der Waals surface area contributed by atoms with Crippen molar-refractivity contribution < 1.29 is 19.3 Å². The highest BCUT2D eigenvalue weighted by molar-refractivity contribution is 4.78. The number of methoxy groups -OCH3 is 1. The van der Waals surface area contributed by atoms with E-state index in [-0.39, 0.29) is 6.79 Å². The molecule has 1 rings (SSSR count). The monoisotopic (exact) mass is 246 g/mol. The Morgan fingerprint density at radius 3 is 2.47 bits per heavy atom. The van der Waals surface area contributed by atoms with Crippen LogP contribution in [-0.4, -0.2) is 37.5 Å². The topological polar surface area (TPSA) is 47.9 Å². The average Bonchev–Trinajstić information content (AvgIpc) is 2.35. The van der Waals surface area contributed by atoms with Gasteiger partial charge in [0.15, 0.2) is 5.79 Å². The van der Waals surface area contributed by atoms with Crippen LogP contribution in [0.3, 0.4) is 0 Å². The first-order valence-electron chi connectivity index (χ1n) is 6.53. The molecule has 0 radical (unpaired) electrons. The molecule has 1 saturated carbocycles. The van der Waals surface area contributed by atoms with Crippen LogP contribution in [0.4, 0.5) is 0 Å². The molecule has 0 unspecified atom stereocenters. The minimum atomic E-state index is -0.556. The molecule has 0 aliphatic heterocycles. The van der Waals surface area contributed by atoms with Gasteiger partial charge in [-0.3, -0.25) is 0 Å². The lowest BCUT2D eigenvalue weighted by Crippen LogP contribution is -2.41. The van der Waals surface area contributed by atoms with E-state index in [1.165, 1.54) is 19.3 Å². The fourth-order valence-electron chi connectivity index (χ4n) is 2.35. The van der Waals surface area contributed by atoms with Crippen molar-refractivity contribution in [1.82, 2.24) is 0 Å². The van der Waals surface area contributed by atoms with Crippen LogP contribution in [0.15, 0.2) is 0 Å². The molecule has 0 heterocycles. The molecule has 0 spiro atoms. The van der Waals surface area contributed by atoms with Gasteiger partial charge < -0.3 is 19.3 Å². The number of ether oxygens (including phenoxy) is 3. The zero-order valence-corrected chi connectivity index (χ0v) is 11.3. The zero-order chi connectivity index (χ0) is 12.7. The summed E-state index contributed by atoms with van der Waals surface area (Å²) in [5.74, 6) is -0.115. The Bertz CT molecular complexity index is 202. The Labute approximate surface area is 104 Å². The van der Waals surface area contributed by atoms with Gasteiger partial charge in [-0.2, -0.15) is 0 Å². The van der Waals surface area contributed by atoms with E-state index < -0.39 is 11.9 Å². The molecule has 17 heavy (non-hydrogen) atoms. The van der Waals surface area contributed by atoms with E-state index in [1.807, 2.05) is 6.92 Å². The molecular weight excluding hydrogens is 220 g/mol. The second-order valence-electron chi connectivity index (χ2n) is 5.04. The van der Waals surface area contributed by atoms with E-state index in [0.717, 1.165) is 12.8 Å². The highest BCUT2D eigenvalue weighted by atomic mass is 16.8. The van der Waals surface area contributed by atoms with Crippen LogP contribution in [0.2, 0.25) is 0 Å². The smallest absolute Gasteiger partial charge is 0.170 e. The number of rotatable bonds is 7. The van der Waals surface area contributed by atoms with Crippen LogP contribution < -0.4 is 0 Å². The molecule has 0 saturated heterocycles. The predicted molar refractivity (Wildman–Crippen MR) is 65.6 cm³/mol. The summed E-state index contributed by atoms with van der Waals surface area (Å²) in [6.07, 6.45) is 5.67. The van der Waals surface area contributed by atoms with Crippen LogP contribution in [-0.2, 0) is 14.2 Å². The summed E-state index contributed by atoms with van der Waals surface area (Å²) in [5, 5.41) is 9.08. The first-order chi connectivity index (χ1) is 8.08. The molecule has 1 fully saturated rings. The minimum Gasteiger partial charge on any atom is -0.391 e. The van der Waals surface area contributed by atoms with Gasteiger partial charge in [0.05, 0.1) is 12.7 Å². The summed E-state index contributed by atoms with van der Waals surface area (Å²) in [6, 6.07) is 0. The van der Waals surface area contributed by atoms with Gasteiger partial charge >= 0.3 is 0 Å². The molecule has 1 aliphatic carbocycles. The van der Waals surface area contributed by atoms with Gasteiger partial charge in [-0.05, 0) is 26.7 Å². The second kappa shape index (κ2) is 7.31. The van der Waals surface area contributed by atoms with Gasteiger partial charge in [0.25, 0.3) is 0 Å². The lowest BCUT2D eigenvalue weighted by atomic mass is 9.83. The molecule has 102 valence electrons. The average molecular weight is 246 g/mol. The zero-order valence-electron chi connectivity index (χ0n) is 11.3. The second-order valence-corrected chi connectivity index (χ2v) is 5.04. The maximum absolute atomic E-state index is 9.08. The Hall–Kier alpha value is -0.160. The van der Waals surface area contributed by atoms with Crippen molar-refractivity contribution in [2.75, 3.05) is 20.5 Å². The van der Waals surface area contributed by atoms with Gasteiger partial charge in [0, 0.05) is 13.0 Å². The third-order valence-electron chi connectivity index (χ3n) is 3.54. The van der Waals surface area contributed by atoms with Crippen LogP contribution in [0, 0.1) is 5.92 Å². The summed E-state index contributed by atoms with van der Waals surface area (Å²) < 4.78 is 16.5. The Morgan fingerprint density at radius 2 is 1.94 bits per heavy atom. The summed E-state index contributed by atoms with van der Waals surface area (Å²) in [6.45, 7) is 4.14. The lowest BCUT2D eigenvalue weighted by Gasteiger charge is -2.38. The van der Waals surface area contributed by atoms with Gasteiger partial charge in [-0.1, -0.05) is 19.3 Å². The maximum atomic E-state index is 9.08. The van der Waals surface area contributed by atoms with Crippen molar-refractivity contribution in [3.63, 3.8) is 0 Å². The van der Waals surface area contributed by atoms with E-state index in [1.54, 1.807) is 14.0 Å². The van der Waals surface area contributed by atoms with Crippen LogP contribution >= 0.6 is 0 Å². The maximum Gasteiger partial charge on any atom is 0.170 e. The van der Waals surface area contributed by atoms with Crippen molar-refractivity contribution in [2.24, 2.45) is 5.92 Å². The molecule has 4 nitrogen and oxygen atoms in total. The molecule has 0 amide bonds. The van der Waals surface area contributed by atoms with Gasteiger partial charge in [-0.25, -0.2) is 0 Å². The third kappa shape index (κ3) is 4.92. The standard InChI is InChI=1S/C13H26O4/c1-11(14)9-16-10-17-13(2,15-3)12-7-5-4-6-8-12/h11-12,14H,4-10H2,1-3H3/t11-,13-/m0/s1. The quantitative estimate of drug-likeness (QED) is 0.553. The first-order valence-corrected chi connectivity index (χ1v) is 6.53. The van der Waals surface area contributed by atoms with E-state index in [9.17, 15) is 0 Å². The van der Waals surface area contributed by atoms with E-state index in [0.29, 0.717) is 12.5 Å². The molecule has 0 aromatic rings. The molecular formula is C13H26O4. The minimum absolute atomic E-state index is 0.172. The number of aliphatic hydroxyl groups excluding tert-OH is 1. The van der Waals surface area contributed by atoms with E-state index >= 15 is 0 Å². The van der Waals surface area contributed by atoms with Crippen molar-refractivity contribution >= 4 is 0 Å². The molecule has 4 heteroatoms. The van der Waals surface area contributed by atoms with E-state index in [4.69, 9.17) is 19.3 Å². The van der Waals surface area contributed by atoms with Crippen LogP contribution in [0.5, 0.6) is 0 Å². The summed E-state index contributed by atoms with van der Waals surface area (Å²) in [4.78, 5) is 0. The molecule has 0 aromatic heterocycles. The largest absolute Gasteiger partial charge is 0.391 e. The fraction of sp³-hybridized carbons (Fsp3) is 1.00. The normalized spacial score (nSPS) is 23.3. The van der Waals surface area contributed by atoms with Crippen LogP contribution in [0.25, 0.3) is 0 Å². The number of hydrogen-bond acceptors (Lipinski definition) is 4. The molecule has 0 aromatic carbocycles. The number of aliphatic hydroxyl groups is 1. The van der Waals surface area contributed by atoms with E-state index in [2.05, 4.69) is 0 Å². The Balaban J connectivity index is 2.33. The highest BCUT2D eigenvalue weighted by Gasteiger charge is 2.36. The third-order valence-corrected chi connectivity index (χ3v) is 3.54. The SMILES string of the molecule is CO[C@@](C)(OCOC[C@H](C)O)C1CCCCC1. The summed E-state index contributed by atoms with van der Waals surface area (Å²) in [5.41, 5.74) is 0. The lowest BCUT2D eigenvalue weighted by molar-refractivity contribution is -0.282. The number of hydrogen-bond donors (Lipinski definition) is 1. The van der Waals surface area contributed by atoms with Crippen LogP contribution in [0.1, 0.15) is 46.0 Å². The molecule has 0 bridgehead atoms. The Kier molecular flexibility index (Phi) is 6.41. The Morgan fingerprint density at radius 1 is 1.29 bits per heavy atom. The fourth-order valence-corrected chi connectivity index (χ4v) is 2.35. The van der Waals surface area contributed by atoms with Gasteiger partial charge in [0.1, 0.15) is 6.79 Å². The highest BCUT2D eigenvalue weighted by Crippen LogP contribution is 2.35. The van der Waals surface area contributed by atoms with Crippen molar-refractivity contribution in [2.45, 2.75) is 57.8 Å². The summed E-state index contributed by atoms with van der Waals surface area (Å²) >= 11 is 0. The first kappa shape index (κ1) is 14.9. The van der Waals surface area contributed by atoms with Crippen molar-refractivity contribution in [1.29, 1.82) is 0 Å². The van der Waals surface area contributed by atoms with Crippen molar-refractivity contribution in [3.05, 3.63) is 0 Å². The van der Waals surface area contributed by atoms with Crippen molar-refractivity contribution in [3.8, 4) is 0 Å². The molecule has 1 N–H and O–H groups in total. The predicted octanol–water partition coefficient (Wildman–Crippen LogP) is 2.30. The molecule has 1 aliphatic rings.